The zero-order valence-electron chi connectivity index (χ0n) is 11.4. The Bertz CT molecular complexity index is 457. The van der Waals surface area contributed by atoms with Gasteiger partial charge in [0, 0.05) is 30.7 Å². The number of likely N-dealkylation sites (N-methyl/N-ethyl adjacent to an activating group) is 1. The van der Waals surface area contributed by atoms with Crippen molar-refractivity contribution in [3.8, 4) is 0 Å². The summed E-state index contributed by atoms with van der Waals surface area (Å²) in [4.78, 5) is 16.6. The molecular weight excluding hydrogens is 308 g/mol. The van der Waals surface area contributed by atoms with Crippen LogP contribution in [0.1, 0.15) is 17.3 Å². The standard InChI is InChI=1S/C14H19BrN2O2/c1-3-19-14(18)12-10-11(15)4-5-13(12)17-8-6-16(2)7-9-17/h4-5,10H,3,6-9H2,1-2H3. The maximum Gasteiger partial charge on any atom is 0.340 e. The third kappa shape index (κ3) is 3.48. The van der Waals surface area contributed by atoms with Crippen LogP contribution >= 0.6 is 15.9 Å². The van der Waals surface area contributed by atoms with E-state index in [9.17, 15) is 4.79 Å². The van der Waals surface area contributed by atoms with E-state index in [0.717, 1.165) is 36.3 Å². The van der Waals surface area contributed by atoms with Gasteiger partial charge in [0.15, 0.2) is 0 Å². The van der Waals surface area contributed by atoms with Gasteiger partial charge in [-0.3, -0.25) is 0 Å². The van der Waals surface area contributed by atoms with Gasteiger partial charge < -0.3 is 14.5 Å². The Labute approximate surface area is 122 Å². The normalized spacial score (nSPS) is 16.5. The summed E-state index contributed by atoms with van der Waals surface area (Å²) in [5.74, 6) is -0.252. The van der Waals surface area contributed by atoms with E-state index in [1.54, 1.807) is 0 Å². The van der Waals surface area contributed by atoms with Crippen molar-refractivity contribution in [2.45, 2.75) is 6.92 Å². The highest BCUT2D eigenvalue weighted by atomic mass is 79.9. The molecule has 0 radical (unpaired) electrons. The lowest BCUT2D eigenvalue weighted by atomic mass is 10.1. The SMILES string of the molecule is CCOC(=O)c1cc(Br)ccc1N1CCN(C)CC1. The molecule has 1 saturated heterocycles. The van der Waals surface area contributed by atoms with Crippen LogP contribution in [0.25, 0.3) is 0 Å². The van der Waals surface area contributed by atoms with Crippen LogP contribution in [0.15, 0.2) is 22.7 Å². The maximum atomic E-state index is 12.0. The van der Waals surface area contributed by atoms with Gasteiger partial charge in [0.05, 0.1) is 17.9 Å². The average molecular weight is 327 g/mol. The van der Waals surface area contributed by atoms with E-state index in [1.807, 2.05) is 25.1 Å². The molecular formula is C14H19BrN2O2. The molecule has 0 saturated carbocycles. The molecule has 4 nitrogen and oxygen atoms in total. The predicted octanol–water partition coefficient (Wildman–Crippen LogP) is 2.38. The Kier molecular flexibility index (Phi) is 4.82. The van der Waals surface area contributed by atoms with Crippen molar-refractivity contribution < 1.29 is 9.53 Å². The molecule has 2 rings (SSSR count). The van der Waals surface area contributed by atoms with E-state index >= 15 is 0 Å². The molecule has 1 aromatic carbocycles. The van der Waals surface area contributed by atoms with Crippen LogP contribution < -0.4 is 4.90 Å². The lowest BCUT2D eigenvalue weighted by Gasteiger charge is -2.34. The Morgan fingerprint density at radius 3 is 2.63 bits per heavy atom. The molecule has 1 aromatic rings. The van der Waals surface area contributed by atoms with E-state index in [-0.39, 0.29) is 5.97 Å². The van der Waals surface area contributed by atoms with E-state index in [2.05, 4.69) is 32.8 Å². The third-order valence-electron chi connectivity index (χ3n) is 3.30. The van der Waals surface area contributed by atoms with Gasteiger partial charge in [-0.1, -0.05) is 15.9 Å². The highest BCUT2D eigenvalue weighted by Crippen LogP contribution is 2.26. The van der Waals surface area contributed by atoms with Gasteiger partial charge in [0.1, 0.15) is 0 Å². The van der Waals surface area contributed by atoms with E-state index in [1.165, 1.54) is 0 Å². The van der Waals surface area contributed by atoms with Crippen molar-refractivity contribution in [2.75, 3.05) is 44.7 Å². The zero-order chi connectivity index (χ0) is 13.8. The van der Waals surface area contributed by atoms with Crippen LogP contribution in [0.4, 0.5) is 5.69 Å². The first kappa shape index (κ1) is 14.3. The van der Waals surface area contributed by atoms with Gasteiger partial charge in [0.2, 0.25) is 0 Å². The Hall–Kier alpha value is -1.07. The smallest absolute Gasteiger partial charge is 0.340 e. The summed E-state index contributed by atoms with van der Waals surface area (Å²) in [5.41, 5.74) is 1.61. The van der Waals surface area contributed by atoms with Crippen LogP contribution in [-0.4, -0.2) is 50.7 Å². The summed E-state index contributed by atoms with van der Waals surface area (Å²) >= 11 is 3.41. The Morgan fingerprint density at radius 1 is 1.32 bits per heavy atom. The van der Waals surface area contributed by atoms with Crippen LogP contribution in [0.5, 0.6) is 0 Å². The molecule has 0 aromatic heterocycles. The molecule has 5 heteroatoms. The topological polar surface area (TPSA) is 32.8 Å². The molecule has 104 valence electrons. The number of piperazine rings is 1. The largest absolute Gasteiger partial charge is 0.462 e. The number of rotatable bonds is 3. The van der Waals surface area contributed by atoms with Gasteiger partial charge in [-0.25, -0.2) is 4.79 Å². The Balaban J connectivity index is 2.26. The first-order valence-electron chi connectivity index (χ1n) is 6.52. The molecule has 0 atom stereocenters. The zero-order valence-corrected chi connectivity index (χ0v) is 12.9. The number of esters is 1. The molecule has 1 heterocycles. The molecule has 1 aliphatic heterocycles. The number of benzene rings is 1. The number of halogens is 1. The second kappa shape index (κ2) is 6.39. The highest BCUT2D eigenvalue weighted by molar-refractivity contribution is 9.10. The number of carbonyl (C=O) groups is 1. The predicted molar refractivity (Wildman–Crippen MR) is 79.8 cm³/mol. The minimum atomic E-state index is -0.252. The fourth-order valence-electron chi connectivity index (χ4n) is 2.20. The third-order valence-corrected chi connectivity index (χ3v) is 3.79. The first-order chi connectivity index (χ1) is 9.11. The van der Waals surface area contributed by atoms with Crippen molar-refractivity contribution >= 4 is 27.6 Å². The molecule has 0 bridgehead atoms. The highest BCUT2D eigenvalue weighted by Gasteiger charge is 2.21. The minimum absolute atomic E-state index is 0.252. The summed E-state index contributed by atoms with van der Waals surface area (Å²) in [6.07, 6.45) is 0. The van der Waals surface area contributed by atoms with E-state index < -0.39 is 0 Å². The Morgan fingerprint density at radius 2 is 2.00 bits per heavy atom. The van der Waals surface area contributed by atoms with Crippen molar-refractivity contribution in [1.82, 2.24) is 4.90 Å². The van der Waals surface area contributed by atoms with Gasteiger partial charge in [-0.2, -0.15) is 0 Å². The molecule has 1 fully saturated rings. The number of carbonyl (C=O) groups excluding carboxylic acids is 1. The molecule has 0 spiro atoms. The number of hydrogen-bond donors (Lipinski definition) is 0. The molecule has 19 heavy (non-hydrogen) atoms. The fraction of sp³-hybridized carbons (Fsp3) is 0.500. The van der Waals surface area contributed by atoms with Crippen molar-refractivity contribution in [2.24, 2.45) is 0 Å². The summed E-state index contributed by atoms with van der Waals surface area (Å²) in [6, 6.07) is 5.80. The van der Waals surface area contributed by atoms with Crippen molar-refractivity contribution in [3.63, 3.8) is 0 Å². The van der Waals surface area contributed by atoms with Crippen molar-refractivity contribution in [3.05, 3.63) is 28.2 Å². The maximum absolute atomic E-state index is 12.0. The summed E-state index contributed by atoms with van der Waals surface area (Å²) in [5, 5.41) is 0. The van der Waals surface area contributed by atoms with E-state index in [0.29, 0.717) is 12.2 Å². The van der Waals surface area contributed by atoms with Crippen LogP contribution in [0, 0.1) is 0 Å². The van der Waals surface area contributed by atoms with Gasteiger partial charge in [-0.05, 0) is 32.2 Å². The number of nitrogens with zero attached hydrogens (tertiary/aromatic N) is 2. The van der Waals surface area contributed by atoms with Crippen molar-refractivity contribution in [1.29, 1.82) is 0 Å². The van der Waals surface area contributed by atoms with Crippen LogP contribution in [0.3, 0.4) is 0 Å². The lowest BCUT2D eigenvalue weighted by Crippen LogP contribution is -2.45. The molecule has 0 aliphatic carbocycles. The number of hydrogen-bond acceptors (Lipinski definition) is 4. The lowest BCUT2D eigenvalue weighted by molar-refractivity contribution is 0.0527. The number of ether oxygens (including phenoxy) is 1. The van der Waals surface area contributed by atoms with Gasteiger partial charge >= 0.3 is 5.97 Å². The fourth-order valence-corrected chi connectivity index (χ4v) is 2.56. The summed E-state index contributed by atoms with van der Waals surface area (Å²) < 4.78 is 6.04. The molecule has 1 aliphatic rings. The quantitative estimate of drug-likeness (QED) is 0.798. The monoisotopic (exact) mass is 326 g/mol. The van der Waals surface area contributed by atoms with E-state index in [4.69, 9.17) is 4.74 Å². The summed E-state index contributed by atoms with van der Waals surface area (Å²) in [7, 11) is 2.12. The first-order valence-corrected chi connectivity index (χ1v) is 7.31. The molecule has 0 N–H and O–H groups in total. The second-order valence-electron chi connectivity index (χ2n) is 4.67. The minimum Gasteiger partial charge on any atom is -0.462 e. The summed E-state index contributed by atoms with van der Waals surface area (Å²) in [6.45, 7) is 6.12. The van der Waals surface area contributed by atoms with Crippen LogP contribution in [-0.2, 0) is 4.74 Å². The second-order valence-corrected chi connectivity index (χ2v) is 5.59. The van der Waals surface area contributed by atoms with Gasteiger partial charge in [-0.15, -0.1) is 0 Å². The molecule has 0 amide bonds. The van der Waals surface area contributed by atoms with Gasteiger partial charge in [0.25, 0.3) is 0 Å². The molecule has 0 unspecified atom stereocenters. The number of anilines is 1. The van der Waals surface area contributed by atoms with Crippen LogP contribution in [0.2, 0.25) is 0 Å². The average Bonchev–Trinajstić information content (AvgIpc) is 2.40.